The molecule has 0 bridgehead atoms. The number of aromatic hydroxyl groups is 1. The number of hydrazone groups is 1. The Labute approximate surface area is 237 Å². The summed E-state index contributed by atoms with van der Waals surface area (Å²) >= 11 is 11.9. The summed E-state index contributed by atoms with van der Waals surface area (Å²) in [5.41, 5.74) is 4.51. The number of halogens is 2. The number of hydrogen-bond acceptors (Lipinski definition) is 8. The van der Waals surface area contributed by atoms with Crippen LogP contribution in [-0.2, 0) is 0 Å². The lowest BCUT2D eigenvalue weighted by Crippen LogP contribution is -2.47. The Balaban J connectivity index is 1.31. The van der Waals surface area contributed by atoms with E-state index in [1.807, 2.05) is 24.3 Å². The van der Waals surface area contributed by atoms with E-state index in [-0.39, 0.29) is 16.3 Å². The fourth-order valence-corrected chi connectivity index (χ4v) is 4.46. The first kappa shape index (κ1) is 28.4. The van der Waals surface area contributed by atoms with Gasteiger partial charge in [-0.15, -0.1) is 0 Å². The second-order valence-corrected chi connectivity index (χ2v) is 9.62. The van der Waals surface area contributed by atoms with Gasteiger partial charge in [-0.3, -0.25) is 9.69 Å². The third-order valence-electron chi connectivity index (χ3n) is 6.29. The number of carbonyl (C=O) groups is 1. The molecule has 1 fully saturated rings. The number of methoxy groups -OCH3 is 2. The second-order valence-electron chi connectivity index (χ2n) is 8.77. The molecule has 11 heteroatoms. The van der Waals surface area contributed by atoms with Gasteiger partial charge in [-0.25, -0.2) is 5.43 Å². The minimum atomic E-state index is -0.471. The molecule has 0 aliphatic carbocycles. The highest BCUT2D eigenvalue weighted by atomic mass is 35.5. The van der Waals surface area contributed by atoms with Gasteiger partial charge < -0.3 is 24.2 Å². The lowest BCUT2D eigenvalue weighted by atomic mass is 10.2. The molecule has 206 valence electrons. The van der Waals surface area contributed by atoms with Crippen LogP contribution in [0.1, 0.15) is 15.9 Å². The number of carbonyl (C=O) groups excluding carboxylic acids is 1. The van der Waals surface area contributed by atoms with Crippen LogP contribution >= 0.6 is 23.2 Å². The van der Waals surface area contributed by atoms with Crippen molar-refractivity contribution in [3.63, 3.8) is 0 Å². The molecule has 0 saturated carbocycles. The maximum absolute atomic E-state index is 12.3. The number of anilines is 1. The van der Waals surface area contributed by atoms with Crippen LogP contribution in [0.2, 0.25) is 10.0 Å². The number of hydrogen-bond donors (Lipinski definition) is 2. The minimum absolute atomic E-state index is 0.0805. The minimum Gasteiger partial charge on any atom is -0.506 e. The van der Waals surface area contributed by atoms with Gasteiger partial charge in [0.1, 0.15) is 12.4 Å². The predicted octanol–water partition coefficient (Wildman–Crippen LogP) is 4.68. The summed E-state index contributed by atoms with van der Waals surface area (Å²) in [6.45, 7) is 4.94. The van der Waals surface area contributed by atoms with Gasteiger partial charge in [0, 0.05) is 54.6 Å². The van der Waals surface area contributed by atoms with Crippen LogP contribution in [-0.4, -0.2) is 75.7 Å². The van der Waals surface area contributed by atoms with Crippen LogP contribution in [0.25, 0.3) is 0 Å². The molecule has 3 aromatic rings. The molecule has 1 aliphatic heterocycles. The monoisotopic (exact) mass is 572 g/mol. The third-order valence-corrected chi connectivity index (χ3v) is 6.85. The highest BCUT2D eigenvalue weighted by molar-refractivity contribution is 6.32. The van der Waals surface area contributed by atoms with E-state index in [4.69, 9.17) is 37.4 Å². The van der Waals surface area contributed by atoms with E-state index in [0.29, 0.717) is 29.4 Å². The number of piperazine rings is 1. The lowest BCUT2D eigenvalue weighted by Gasteiger charge is -2.36. The van der Waals surface area contributed by atoms with E-state index in [1.165, 1.54) is 30.1 Å². The first-order valence-corrected chi connectivity index (χ1v) is 13.1. The summed E-state index contributed by atoms with van der Waals surface area (Å²) in [5.74, 6) is 0.899. The molecular weight excluding hydrogens is 543 g/mol. The number of nitrogens with zero attached hydrogens (tertiary/aromatic N) is 3. The topological polar surface area (TPSA) is 95.9 Å². The Morgan fingerprint density at radius 2 is 1.67 bits per heavy atom. The van der Waals surface area contributed by atoms with Crippen molar-refractivity contribution in [2.24, 2.45) is 5.10 Å². The molecular formula is C28H30Cl2N4O5. The quantitative estimate of drug-likeness (QED) is 0.269. The van der Waals surface area contributed by atoms with Crippen LogP contribution in [0.3, 0.4) is 0 Å². The number of amides is 1. The maximum Gasteiger partial charge on any atom is 0.271 e. The van der Waals surface area contributed by atoms with Crippen molar-refractivity contribution in [2.45, 2.75) is 0 Å². The Hall–Kier alpha value is -3.66. The molecule has 1 heterocycles. The van der Waals surface area contributed by atoms with Gasteiger partial charge in [0.15, 0.2) is 11.5 Å². The molecule has 0 radical (unpaired) electrons. The molecule has 2 N–H and O–H groups in total. The first-order chi connectivity index (χ1) is 18.9. The van der Waals surface area contributed by atoms with Crippen molar-refractivity contribution in [1.82, 2.24) is 10.3 Å². The summed E-state index contributed by atoms with van der Waals surface area (Å²) in [5, 5.41) is 14.3. The zero-order valence-corrected chi connectivity index (χ0v) is 23.2. The van der Waals surface area contributed by atoms with Crippen LogP contribution in [0.15, 0.2) is 59.7 Å². The van der Waals surface area contributed by atoms with E-state index in [1.54, 1.807) is 26.4 Å². The molecule has 0 atom stereocenters. The van der Waals surface area contributed by atoms with Crippen molar-refractivity contribution >= 4 is 41.0 Å². The molecule has 1 saturated heterocycles. The summed E-state index contributed by atoms with van der Waals surface area (Å²) in [6, 6.07) is 15.6. The highest BCUT2D eigenvalue weighted by Crippen LogP contribution is 2.38. The number of phenols is 1. The fourth-order valence-electron chi connectivity index (χ4n) is 4.15. The van der Waals surface area contributed by atoms with Gasteiger partial charge in [-0.1, -0.05) is 23.2 Å². The van der Waals surface area contributed by atoms with Gasteiger partial charge in [-0.2, -0.15) is 5.10 Å². The molecule has 0 unspecified atom stereocenters. The van der Waals surface area contributed by atoms with Crippen molar-refractivity contribution in [1.29, 1.82) is 0 Å². The zero-order valence-electron chi connectivity index (χ0n) is 21.7. The van der Waals surface area contributed by atoms with Crippen LogP contribution in [0, 0.1) is 0 Å². The summed E-state index contributed by atoms with van der Waals surface area (Å²) in [4.78, 5) is 17.0. The van der Waals surface area contributed by atoms with Crippen molar-refractivity contribution in [3.8, 4) is 23.0 Å². The highest BCUT2D eigenvalue weighted by Gasteiger charge is 2.19. The van der Waals surface area contributed by atoms with E-state index < -0.39 is 5.91 Å². The first-order valence-electron chi connectivity index (χ1n) is 12.3. The molecule has 9 nitrogen and oxygen atoms in total. The number of phenolic OH excluding ortho intramolecular Hbond substituents is 1. The van der Waals surface area contributed by atoms with Gasteiger partial charge in [0.2, 0.25) is 5.75 Å². The molecule has 1 aliphatic rings. The average molecular weight is 573 g/mol. The maximum atomic E-state index is 12.3. The smallest absolute Gasteiger partial charge is 0.271 e. The van der Waals surface area contributed by atoms with E-state index in [2.05, 4.69) is 20.3 Å². The third kappa shape index (κ3) is 7.47. The average Bonchev–Trinajstić information content (AvgIpc) is 2.95. The van der Waals surface area contributed by atoms with Crippen molar-refractivity contribution in [3.05, 3.63) is 75.8 Å². The standard InChI is InChI=1S/C28H30Cl2N4O5/c1-37-25-15-19(18-31-32-28(36)20-3-8-24(35)23(30)17-20)16-26(38-2)27(25)39-14-13-33-9-11-34(12-10-33)22-6-4-21(29)5-7-22/h3-8,15-18,35H,9-14H2,1-2H3,(H,32,36)/b31-18+. The molecule has 3 aromatic carbocycles. The Kier molecular flexibility index (Phi) is 9.75. The summed E-state index contributed by atoms with van der Waals surface area (Å²) < 4.78 is 17.2. The number of rotatable bonds is 10. The fraction of sp³-hybridized carbons (Fsp3) is 0.286. The molecule has 0 spiro atoms. The normalized spacial score (nSPS) is 13.9. The Morgan fingerprint density at radius 1 is 1.00 bits per heavy atom. The van der Waals surface area contributed by atoms with Crippen molar-refractivity contribution < 1.29 is 24.1 Å². The summed E-state index contributed by atoms with van der Waals surface area (Å²) in [6.07, 6.45) is 1.47. The SMILES string of the molecule is COc1cc(/C=N/NC(=O)c2ccc(O)c(Cl)c2)cc(OC)c1OCCN1CCN(c2ccc(Cl)cc2)CC1. The van der Waals surface area contributed by atoms with E-state index in [9.17, 15) is 9.90 Å². The molecule has 0 aromatic heterocycles. The molecule has 4 rings (SSSR count). The van der Waals surface area contributed by atoms with Crippen LogP contribution in [0.5, 0.6) is 23.0 Å². The molecule has 39 heavy (non-hydrogen) atoms. The van der Waals surface area contributed by atoms with Gasteiger partial charge in [0.05, 0.1) is 25.5 Å². The Morgan fingerprint density at radius 3 is 2.28 bits per heavy atom. The van der Waals surface area contributed by atoms with E-state index >= 15 is 0 Å². The second kappa shape index (κ2) is 13.4. The number of nitrogens with one attached hydrogen (secondary N) is 1. The van der Waals surface area contributed by atoms with Gasteiger partial charge in [-0.05, 0) is 54.6 Å². The van der Waals surface area contributed by atoms with Gasteiger partial charge >= 0.3 is 0 Å². The lowest BCUT2D eigenvalue weighted by molar-refractivity contribution is 0.0955. The van der Waals surface area contributed by atoms with Crippen molar-refractivity contribution in [2.75, 3.05) is 58.5 Å². The predicted molar refractivity (Wildman–Crippen MR) is 153 cm³/mol. The molecule has 1 amide bonds. The zero-order chi connectivity index (χ0) is 27.8. The van der Waals surface area contributed by atoms with Gasteiger partial charge in [0.25, 0.3) is 5.91 Å². The van der Waals surface area contributed by atoms with E-state index in [0.717, 1.165) is 37.7 Å². The van der Waals surface area contributed by atoms with Crippen LogP contribution < -0.4 is 24.5 Å². The largest absolute Gasteiger partial charge is 0.506 e. The number of ether oxygens (including phenoxy) is 3. The number of benzene rings is 3. The summed E-state index contributed by atoms with van der Waals surface area (Å²) in [7, 11) is 3.10. The Bertz CT molecular complexity index is 1290. The van der Waals surface area contributed by atoms with Crippen LogP contribution in [0.4, 0.5) is 5.69 Å².